The molecule has 0 saturated carbocycles. The van der Waals surface area contributed by atoms with E-state index in [9.17, 15) is 0 Å². The predicted molar refractivity (Wildman–Crippen MR) is 77.4 cm³/mol. The quantitative estimate of drug-likeness (QED) is 0.912. The molecule has 0 bridgehead atoms. The standard InChI is InChI=1S/C12H17N5S2/c1-4-8-9(6-13)11(16-15-10(8)5-2)18-12-14-7(3)17-19-12/h4-6,13H2,1-3H3. The van der Waals surface area contributed by atoms with Gasteiger partial charge in [0.05, 0.1) is 5.69 Å². The third-order valence-electron chi connectivity index (χ3n) is 2.82. The highest BCUT2D eigenvalue weighted by molar-refractivity contribution is 8.00. The molecule has 19 heavy (non-hydrogen) atoms. The molecule has 7 heteroatoms. The molecule has 0 atom stereocenters. The van der Waals surface area contributed by atoms with Crippen LogP contribution >= 0.6 is 23.3 Å². The van der Waals surface area contributed by atoms with Gasteiger partial charge in [0, 0.05) is 12.1 Å². The third kappa shape index (κ3) is 3.10. The van der Waals surface area contributed by atoms with Gasteiger partial charge in [-0.25, -0.2) is 4.98 Å². The summed E-state index contributed by atoms with van der Waals surface area (Å²) in [5.74, 6) is 0.788. The van der Waals surface area contributed by atoms with Gasteiger partial charge in [-0.2, -0.15) is 9.47 Å². The Morgan fingerprint density at radius 2 is 1.95 bits per heavy atom. The van der Waals surface area contributed by atoms with Gasteiger partial charge in [0.15, 0.2) is 4.34 Å². The molecule has 0 aliphatic heterocycles. The number of hydrogen-bond donors (Lipinski definition) is 1. The molecule has 0 unspecified atom stereocenters. The summed E-state index contributed by atoms with van der Waals surface area (Å²) < 4.78 is 5.06. The molecular formula is C12H17N5S2. The van der Waals surface area contributed by atoms with Crippen LogP contribution in [-0.2, 0) is 19.4 Å². The van der Waals surface area contributed by atoms with Crippen LogP contribution in [0, 0.1) is 6.92 Å². The molecule has 5 nitrogen and oxygen atoms in total. The van der Waals surface area contributed by atoms with Crippen LogP contribution < -0.4 is 5.73 Å². The van der Waals surface area contributed by atoms with Gasteiger partial charge in [0.2, 0.25) is 0 Å². The van der Waals surface area contributed by atoms with E-state index in [0.717, 1.165) is 39.3 Å². The number of rotatable bonds is 5. The molecule has 2 aromatic rings. The van der Waals surface area contributed by atoms with E-state index in [4.69, 9.17) is 5.73 Å². The van der Waals surface area contributed by atoms with E-state index in [1.165, 1.54) is 28.9 Å². The van der Waals surface area contributed by atoms with Crippen molar-refractivity contribution in [3.05, 3.63) is 22.6 Å². The highest BCUT2D eigenvalue weighted by atomic mass is 32.2. The third-order valence-corrected chi connectivity index (χ3v) is 4.68. The zero-order valence-electron chi connectivity index (χ0n) is 11.3. The minimum absolute atomic E-state index is 0.478. The van der Waals surface area contributed by atoms with Crippen LogP contribution in [-0.4, -0.2) is 19.6 Å². The second-order valence-corrected chi connectivity index (χ2v) is 6.02. The summed E-state index contributed by atoms with van der Waals surface area (Å²) in [6.07, 6.45) is 1.81. The van der Waals surface area contributed by atoms with Crippen LogP contribution in [0.4, 0.5) is 0 Å². The second-order valence-electron chi connectivity index (χ2n) is 4.03. The maximum absolute atomic E-state index is 5.90. The molecule has 0 saturated heterocycles. The Morgan fingerprint density at radius 1 is 1.16 bits per heavy atom. The van der Waals surface area contributed by atoms with Crippen LogP contribution in [0.3, 0.4) is 0 Å². The highest BCUT2D eigenvalue weighted by Gasteiger charge is 2.15. The topological polar surface area (TPSA) is 77.6 Å². The molecule has 0 fully saturated rings. The van der Waals surface area contributed by atoms with Crippen LogP contribution in [0.2, 0.25) is 0 Å². The van der Waals surface area contributed by atoms with Crippen molar-refractivity contribution in [3.63, 3.8) is 0 Å². The maximum atomic E-state index is 5.90. The Morgan fingerprint density at radius 3 is 2.47 bits per heavy atom. The first kappa shape index (κ1) is 14.4. The Bertz CT molecular complexity index is 567. The van der Waals surface area contributed by atoms with Crippen molar-refractivity contribution >= 4 is 23.3 Å². The molecule has 2 N–H and O–H groups in total. The van der Waals surface area contributed by atoms with E-state index >= 15 is 0 Å². The van der Waals surface area contributed by atoms with Gasteiger partial charge in [0.1, 0.15) is 10.9 Å². The van der Waals surface area contributed by atoms with Crippen molar-refractivity contribution in [2.24, 2.45) is 5.73 Å². The van der Waals surface area contributed by atoms with Gasteiger partial charge in [-0.3, -0.25) is 0 Å². The van der Waals surface area contributed by atoms with Crippen LogP contribution in [0.15, 0.2) is 9.37 Å². The van der Waals surface area contributed by atoms with Crippen LogP contribution in [0.5, 0.6) is 0 Å². The predicted octanol–water partition coefficient (Wildman–Crippen LogP) is 2.37. The van der Waals surface area contributed by atoms with Crippen molar-refractivity contribution in [3.8, 4) is 0 Å². The summed E-state index contributed by atoms with van der Waals surface area (Å²) in [7, 11) is 0. The smallest absolute Gasteiger partial charge is 0.176 e. The van der Waals surface area contributed by atoms with Gasteiger partial charge in [-0.15, -0.1) is 5.10 Å². The Labute approximate surface area is 121 Å². The lowest BCUT2D eigenvalue weighted by Crippen LogP contribution is -2.10. The largest absolute Gasteiger partial charge is 0.326 e. The molecule has 0 aliphatic carbocycles. The van der Waals surface area contributed by atoms with E-state index in [1.54, 1.807) is 0 Å². The van der Waals surface area contributed by atoms with Gasteiger partial charge >= 0.3 is 0 Å². The zero-order valence-corrected chi connectivity index (χ0v) is 12.9. The average molecular weight is 295 g/mol. The fourth-order valence-corrected chi connectivity index (χ4v) is 3.60. The van der Waals surface area contributed by atoms with E-state index in [-0.39, 0.29) is 0 Å². The van der Waals surface area contributed by atoms with Crippen LogP contribution in [0.25, 0.3) is 0 Å². The van der Waals surface area contributed by atoms with Crippen molar-refractivity contribution in [2.45, 2.75) is 49.5 Å². The Kier molecular flexibility index (Phi) is 4.84. The first-order valence-electron chi connectivity index (χ1n) is 6.25. The Balaban J connectivity index is 2.40. The fourth-order valence-electron chi connectivity index (χ4n) is 1.93. The summed E-state index contributed by atoms with van der Waals surface area (Å²) in [5, 5.41) is 9.47. The lowest BCUT2D eigenvalue weighted by atomic mass is 10.0. The Hall–Kier alpha value is -1.05. The monoisotopic (exact) mass is 295 g/mol. The number of aromatic nitrogens is 4. The maximum Gasteiger partial charge on any atom is 0.176 e. The zero-order chi connectivity index (χ0) is 13.8. The molecule has 2 heterocycles. The fraction of sp³-hybridized carbons (Fsp3) is 0.500. The number of nitrogens with two attached hydrogens (primary N) is 1. The number of aryl methyl sites for hydroxylation is 2. The molecule has 102 valence electrons. The van der Waals surface area contributed by atoms with Crippen molar-refractivity contribution in [1.82, 2.24) is 19.6 Å². The SMILES string of the molecule is CCc1nnc(Sc2nc(C)ns2)c(CN)c1CC. The molecule has 0 radical (unpaired) electrons. The molecule has 0 aliphatic rings. The van der Waals surface area contributed by atoms with E-state index < -0.39 is 0 Å². The average Bonchev–Trinajstić information content (AvgIpc) is 2.83. The molecule has 0 aromatic carbocycles. The summed E-state index contributed by atoms with van der Waals surface area (Å²) >= 11 is 2.88. The molecule has 0 amide bonds. The minimum atomic E-state index is 0.478. The number of nitrogens with zero attached hydrogens (tertiary/aromatic N) is 4. The van der Waals surface area contributed by atoms with Crippen molar-refractivity contribution in [1.29, 1.82) is 0 Å². The summed E-state index contributed by atoms with van der Waals surface area (Å²) in [6, 6.07) is 0. The van der Waals surface area contributed by atoms with Gasteiger partial charge in [-0.05, 0) is 48.6 Å². The van der Waals surface area contributed by atoms with Crippen LogP contribution in [0.1, 0.15) is 36.5 Å². The lowest BCUT2D eigenvalue weighted by Gasteiger charge is -2.12. The van der Waals surface area contributed by atoms with Gasteiger partial charge in [0.25, 0.3) is 0 Å². The minimum Gasteiger partial charge on any atom is -0.326 e. The molecular weight excluding hydrogens is 278 g/mol. The summed E-state index contributed by atoms with van der Waals surface area (Å²) in [5.41, 5.74) is 9.25. The normalized spacial score (nSPS) is 10.9. The molecule has 0 spiro atoms. The van der Waals surface area contributed by atoms with Gasteiger partial charge in [-0.1, -0.05) is 13.8 Å². The van der Waals surface area contributed by atoms with Crippen molar-refractivity contribution < 1.29 is 0 Å². The van der Waals surface area contributed by atoms with E-state index in [0.29, 0.717) is 6.54 Å². The first-order chi connectivity index (χ1) is 9.19. The van der Waals surface area contributed by atoms with E-state index in [1.807, 2.05) is 6.92 Å². The molecule has 2 aromatic heterocycles. The van der Waals surface area contributed by atoms with E-state index in [2.05, 4.69) is 33.4 Å². The van der Waals surface area contributed by atoms with Crippen molar-refractivity contribution in [2.75, 3.05) is 0 Å². The number of hydrogen-bond acceptors (Lipinski definition) is 7. The first-order valence-corrected chi connectivity index (χ1v) is 7.84. The van der Waals surface area contributed by atoms with Gasteiger partial charge < -0.3 is 5.73 Å². The lowest BCUT2D eigenvalue weighted by molar-refractivity contribution is 0.781. The molecule has 2 rings (SSSR count). The second kappa shape index (κ2) is 6.40. The summed E-state index contributed by atoms with van der Waals surface area (Å²) in [6.45, 7) is 6.57. The highest BCUT2D eigenvalue weighted by Crippen LogP contribution is 2.31. The summed E-state index contributed by atoms with van der Waals surface area (Å²) in [4.78, 5) is 4.34.